The van der Waals surface area contributed by atoms with Gasteiger partial charge < -0.3 is 10.5 Å². The summed E-state index contributed by atoms with van der Waals surface area (Å²) < 4.78 is 18.9. The molecule has 0 aliphatic carbocycles. The summed E-state index contributed by atoms with van der Waals surface area (Å²) in [6.45, 7) is 4.39. The third-order valence-electron chi connectivity index (χ3n) is 3.61. The van der Waals surface area contributed by atoms with Crippen molar-refractivity contribution < 1.29 is 9.13 Å². The van der Waals surface area contributed by atoms with Crippen LogP contribution in [0.4, 0.5) is 4.39 Å². The largest absolute Gasteiger partial charge is 0.494 e. The molecular weight excluding hydrogens is 265 g/mol. The van der Waals surface area contributed by atoms with Crippen molar-refractivity contribution in [2.75, 3.05) is 6.61 Å². The minimum absolute atomic E-state index is 0.0982. The molecule has 0 heterocycles. The van der Waals surface area contributed by atoms with Crippen LogP contribution >= 0.6 is 0 Å². The number of ether oxygens (including phenoxy) is 1. The molecular formula is C18H22FNO. The molecule has 112 valence electrons. The van der Waals surface area contributed by atoms with E-state index in [1.807, 2.05) is 31.2 Å². The van der Waals surface area contributed by atoms with Crippen molar-refractivity contribution in [1.29, 1.82) is 0 Å². The van der Waals surface area contributed by atoms with Gasteiger partial charge in [0.25, 0.3) is 0 Å². The summed E-state index contributed by atoms with van der Waals surface area (Å²) in [6.07, 6.45) is 1.64. The summed E-state index contributed by atoms with van der Waals surface area (Å²) in [5.74, 6) is 0.732. The lowest BCUT2D eigenvalue weighted by Gasteiger charge is -2.15. The molecule has 0 amide bonds. The second-order valence-corrected chi connectivity index (χ2v) is 5.19. The van der Waals surface area contributed by atoms with E-state index in [0.29, 0.717) is 12.2 Å². The molecule has 0 aliphatic heterocycles. The Morgan fingerprint density at radius 3 is 2.67 bits per heavy atom. The van der Waals surface area contributed by atoms with Crippen LogP contribution in [0.2, 0.25) is 0 Å². The average Bonchev–Trinajstić information content (AvgIpc) is 2.49. The quantitative estimate of drug-likeness (QED) is 0.865. The number of halogens is 1. The van der Waals surface area contributed by atoms with Crippen LogP contribution in [0.3, 0.4) is 0 Å². The van der Waals surface area contributed by atoms with Gasteiger partial charge in [-0.3, -0.25) is 0 Å². The van der Waals surface area contributed by atoms with E-state index >= 15 is 0 Å². The van der Waals surface area contributed by atoms with E-state index in [1.165, 1.54) is 6.07 Å². The molecule has 0 aromatic heterocycles. The van der Waals surface area contributed by atoms with Gasteiger partial charge in [-0.25, -0.2) is 4.39 Å². The Balaban J connectivity index is 2.03. The number of hydrogen-bond donors (Lipinski definition) is 1. The smallest absolute Gasteiger partial charge is 0.126 e. The molecule has 1 unspecified atom stereocenters. The Morgan fingerprint density at radius 1 is 1.19 bits per heavy atom. The normalized spacial score (nSPS) is 12.2. The minimum atomic E-state index is -0.187. The van der Waals surface area contributed by atoms with Gasteiger partial charge in [0, 0.05) is 6.04 Å². The monoisotopic (exact) mass is 287 g/mol. The van der Waals surface area contributed by atoms with Crippen LogP contribution in [0.1, 0.15) is 36.1 Å². The van der Waals surface area contributed by atoms with Crippen molar-refractivity contribution in [2.45, 2.75) is 32.7 Å². The standard InChI is InChI=1S/C18H22FNO/c1-3-21-18-7-5-4-6-14(18)9-11-17(20)15-8-10-16(19)13(2)12-15/h4-8,10,12,17H,3,9,11,20H2,1-2H3. The summed E-state index contributed by atoms with van der Waals surface area (Å²) in [6, 6.07) is 13.0. The fourth-order valence-electron chi connectivity index (χ4n) is 2.38. The molecule has 0 aliphatic rings. The van der Waals surface area contributed by atoms with Gasteiger partial charge in [0.05, 0.1) is 6.61 Å². The molecule has 0 radical (unpaired) electrons. The molecule has 2 rings (SSSR count). The van der Waals surface area contributed by atoms with Crippen molar-refractivity contribution in [3.05, 3.63) is 65.0 Å². The maximum Gasteiger partial charge on any atom is 0.126 e. The molecule has 0 fully saturated rings. The zero-order valence-corrected chi connectivity index (χ0v) is 12.6. The van der Waals surface area contributed by atoms with Gasteiger partial charge in [0.1, 0.15) is 11.6 Å². The summed E-state index contributed by atoms with van der Waals surface area (Å²) in [5, 5.41) is 0. The molecule has 2 N–H and O–H groups in total. The summed E-state index contributed by atoms with van der Waals surface area (Å²) in [7, 11) is 0. The molecule has 3 heteroatoms. The highest BCUT2D eigenvalue weighted by Crippen LogP contribution is 2.24. The Morgan fingerprint density at radius 2 is 1.95 bits per heavy atom. The van der Waals surface area contributed by atoms with Crippen molar-refractivity contribution >= 4 is 0 Å². The van der Waals surface area contributed by atoms with Crippen molar-refractivity contribution in [3.8, 4) is 5.75 Å². The van der Waals surface area contributed by atoms with Crippen LogP contribution in [0.5, 0.6) is 5.75 Å². The predicted octanol–water partition coefficient (Wildman–Crippen LogP) is 4.17. The van der Waals surface area contributed by atoms with Crippen molar-refractivity contribution in [1.82, 2.24) is 0 Å². The maximum atomic E-state index is 13.3. The van der Waals surface area contributed by atoms with Gasteiger partial charge >= 0.3 is 0 Å². The molecule has 2 aromatic rings. The Kier molecular flexibility index (Phi) is 5.34. The van der Waals surface area contributed by atoms with Crippen molar-refractivity contribution in [2.24, 2.45) is 5.73 Å². The Bertz CT molecular complexity index is 598. The highest BCUT2D eigenvalue weighted by atomic mass is 19.1. The molecule has 0 bridgehead atoms. The van der Waals surface area contributed by atoms with Crippen LogP contribution < -0.4 is 10.5 Å². The lowest BCUT2D eigenvalue weighted by atomic mass is 9.98. The van der Waals surface area contributed by atoms with Gasteiger partial charge in [-0.05, 0) is 55.5 Å². The van der Waals surface area contributed by atoms with Gasteiger partial charge in [0.2, 0.25) is 0 Å². The fourth-order valence-corrected chi connectivity index (χ4v) is 2.38. The number of para-hydroxylation sites is 1. The van der Waals surface area contributed by atoms with E-state index in [9.17, 15) is 4.39 Å². The summed E-state index contributed by atoms with van der Waals surface area (Å²) >= 11 is 0. The highest BCUT2D eigenvalue weighted by Gasteiger charge is 2.10. The first-order valence-corrected chi connectivity index (χ1v) is 7.34. The van der Waals surface area contributed by atoms with E-state index in [0.717, 1.165) is 29.7 Å². The van der Waals surface area contributed by atoms with E-state index in [1.54, 1.807) is 13.0 Å². The SMILES string of the molecule is CCOc1ccccc1CCC(N)c1ccc(F)c(C)c1. The van der Waals surface area contributed by atoms with Crippen LogP contribution in [-0.4, -0.2) is 6.61 Å². The van der Waals surface area contributed by atoms with Gasteiger partial charge in [0.15, 0.2) is 0 Å². The molecule has 0 saturated carbocycles. The molecule has 21 heavy (non-hydrogen) atoms. The van der Waals surface area contributed by atoms with E-state index in [4.69, 9.17) is 10.5 Å². The highest BCUT2D eigenvalue weighted by molar-refractivity contribution is 5.34. The lowest BCUT2D eigenvalue weighted by molar-refractivity contribution is 0.336. The van der Waals surface area contributed by atoms with E-state index < -0.39 is 0 Å². The Labute approximate surface area is 125 Å². The second-order valence-electron chi connectivity index (χ2n) is 5.19. The number of aryl methyl sites for hydroxylation is 2. The predicted molar refractivity (Wildman–Crippen MR) is 84.0 cm³/mol. The molecule has 2 aromatic carbocycles. The van der Waals surface area contributed by atoms with Crippen LogP contribution in [-0.2, 0) is 6.42 Å². The van der Waals surface area contributed by atoms with Crippen molar-refractivity contribution in [3.63, 3.8) is 0 Å². The van der Waals surface area contributed by atoms with E-state index in [-0.39, 0.29) is 11.9 Å². The molecule has 0 saturated heterocycles. The minimum Gasteiger partial charge on any atom is -0.494 e. The first-order valence-electron chi connectivity index (χ1n) is 7.34. The van der Waals surface area contributed by atoms with Gasteiger partial charge in [-0.1, -0.05) is 30.3 Å². The molecule has 2 nitrogen and oxygen atoms in total. The third kappa shape index (κ3) is 4.05. The first-order chi connectivity index (χ1) is 10.1. The Hall–Kier alpha value is -1.87. The topological polar surface area (TPSA) is 35.2 Å². The summed E-state index contributed by atoms with van der Waals surface area (Å²) in [4.78, 5) is 0. The zero-order valence-electron chi connectivity index (χ0n) is 12.6. The number of hydrogen-bond acceptors (Lipinski definition) is 2. The van der Waals surface area contributed by atoms with Gasteiger partial charge in [-0.2, -0.15) is 0 Å². The average molecular weight is 287 g/mol. The number of rotatable bonds is 6. The third-order valence-corrected chi connectivity index (χ3v) is 3.61. The molecule has 1 atom stereocenters. The second kappa shape index (κ2) is 7.23. The molecule has 0 spiro atoms. The van der Waals surface area contributed by atoms with Crippen LogP contribution in [0.15, 0.2) is 42.5 Å². The first kappa shape index (κ1) is 15.5. The maximum absolute atomic E-state index is 13.3. The lowest BCUT2D eigenvalue weighted by Crippen LogP contribution is -2.12. The fraction of sp³-hybridized carbons (Fsp3) is 0.333. The summed E-state index contributed by atoms with van der Waals surface area (Å²) in [5.41, 5.74) is 8.99. The van der Waals surface area contributed by atoms with Gasteiger partial charge in [-0.15, -0.1) is 0 Å². The van der Waals surface area contributed by atoms with Crippen LogP contribution in [0.25, 0.3) is 0 Å². The van der Waals surface area contributed by atoms with E-state index in [2.05, 4.69) is 6.07 Å². The van der Waals surface area contributed by atoms with Crippen LogP contribution in [0, 0.1) is 12.7 Å². The number of benzene rings is 2. The zero-order chi connectivity index (χ0) is 15.2. The number of nitrogens with two attached hydrogens (primary N) is 1.